The number of aliphatic imine (C=N–C) groups is 1. The zero-order valence-corrected chi connectivity index (χ0v) is 9.12. The third-order valence-corrected chi connectivity index (χ3v) is 4.09. The lowest BCUT2D eigenvalue weighted by molar-refractivity contribution is -0.565. The van der Waals surface area contributed by atoms with Crippen LogP contribution in [0.4, 0.5) is 0 Å². The highest BCUT2D eigenvalue weighted by Gasteiger charge is 2.48. The summed E-state index contributed by atoms with van der Waals surface area (Å²) < 4.78 is 27.9. The Morgan fingerprint density at radius 3 is 2.79 bits per heavy atom. The molecule has 2 heterocycles. The molecule has 2 aliphatic rings. The quantitative estimate of drug-likeness (QED) is 0.584. The Hall–Kier alpha value is -0.620. The molecule has 0 aromatic heterocycles. The standard InChI is InChI=1S/C8H14N2O3S/c1-5(2)9-8-10-6-3-14(11,12)4-7(6)13-8/h5-7H,3-4H2,1-2H3,(H,9,10)/p+1/t6-,7-/m1/s1. The number of ether oxygens (including phenoxy) is 1. The van der Waals surface area contributed by atoms with Crippen LogP contribution >= 0.6 is 0 Å². The van der Waals surface area contributed by atoms with Crippen molar-refractivity contribution in [3.8, 4) is 0 Å². The van der Waals surface area contributed by atoms with Gasteiger partial charge in [-0.05, 0) is 13.8 Å². The average molecular weight is 219 g/mol. The van der Waals surface area contributed by atoms with E-state index in [1.165, 1.54) is 0 Å². The summed E-state index contributed by atoms with van der Waals surface area (Å²) in [6, 6.07) is 0.832. The van der Waals surface area contributed by atoms with Crippen molar-refractivity contribution in [2.45, 2.75) is 32.0 Å². The molecule has 0 aliphatic carbocycles. The van der Waals surface area contributed by atoms with E-state index in [1.54, 1.807) is 0 Å². The van der Waals surface area contributed by atoms with E-state index >= 15 is 0 Å². The van der Waals surface area contributed by atoms with Gasteiger partial charge in [0.15, 0.2) is 15.9 Å². The first-order valence-electron chi connectivity index (χ1n) is 4.76. The van der Waals surface area contributed by atoms with E-state index in [0.29, 0.717) is 6.02 Å². The molecular formula is C8H15N2O3S+. The Bertz CT molecular complexity index is 339. The van der Waals surface area contributed by atoms with E-state index in [9.17, 15) is 8.42 Å². The lowest BCUT2D eigenvalue weighted by Gasteiger charge is -2.00. The van der Waals surface area contributed by atoms with Crippen molar-refractivity contribution in [1.29, 1.82) is 0 Å². The predicted octanol–water partition coefficient (Wildman–Crippen LogP) is -1.49. The minimum atomic E-state index is -2.87. The zero-order chi connectivity index (χ0) is 10.3. The first kappa shape index (κ1) is 9.92. The molecule has 80 valence electrons. The molecule has 5 nitrogen and oxygen atoms in total. The van der Waals surface area contributed by atoms with Crippen LogP contribution in [0.5, 0.6) is 0 Å². The predicted molar refractivity (Wildman–Crippen MR) is 51.8 cm³/mol. The Labute approximate surface area is 83.5 Å². The second-order valence-corrected chi connectivity index (χ2v) is 6.28. The molecule has 14 heavy (non-hydrogen) atoms. The molecule has 6 heteroatoms. The minimum absolute atomic E-state index is 0.0255. The zero-order valence-electron chi connectivity index (χ0n) is 8.30. The summed E-state index contributed by atoms with van der Waals surface area (Å²) in [7, 11) is -2.87. The summed E-state index contributed by atoms with van der Waals surface area (Å²) in [5, 5.41) is 1.84. The third-order valence-electron chi connectivity index (χ3n) is 2.36. The lowest BCUT2D eigenvalue weighted by Crippen LogP contribution is -2.91. The normalized spacial score (nSPS) is 37.5. The van der Waals surface area contributed by atoms with Gasteiger partial charge in [-0.1, -0.05) is 0 Å². The summed E-state index contributed by atoms with van der Waals surface area (Å²) >= 11 is 0. The van der Waals surface area contributed by atoms with E-state index in [0.717, 1.165) is 0 Å². The van der Waals surface area contributed by atoms with Crippen molar-refractivity contribution in [3.63, 3.8) is 0 Å². The van der Waals surface area contributed by atoms with Crippen molar-refractivity contribution < 1.29 is 18.5 Å². The Morgan fingerprint density at radius 1 is 1.50 bits per heavy atom. The number of nitrogens with zero attached hydrogens (tertiary/aromatic N) is 1. The Morgan fingerprint density at radius 2 is 2.21 bits per heavy atom. The third kappa shape index (κ3) is 1.90. The summed E-state index contributed by atoms with van der Waals surface area (Å²) in [5.41, 5.74) is 0. The number of fused-ring (bicyclic) bond motifs is 1. The van der Waals surface area contributed by atoms with Gasteiger partial charge in [-0.25, -0.2) is 8.42 Å². The smallest absolute Gasteiger partial charge is 0.391 e. The SMILES string of the molecule is CC(C)N=C1[NH2+][C@@H]2CS(=O)(=O)C[C@H]2O1. The molecule has 0 aromatic rings. The number of hydrogen-bond donors (Lipinski definition) is 1. The molecule has 2 aliphatic heterocycles. The summed E-state index contributed by atoms with van der Waals surface area (Å²) in [6.07, 6.45) is -0.183. The molecule has 0 spiro atoms. The number of nitrogens with two attached hydrogens (primary N) is 1. The summed E-state index contributed by atoms with van der Waals surface area (Å²) in [6.45, 7) is 3.93. The van der Waals surface area contributed by atoms with Crippen LogP contribution in [0.15, 0.2) is 4.99 Å². The fourth-order valence-electron chi connectivity index (χ4n) is 1.82. The van der Waals surface area contributed by atoms with Crippen LogP contribution in [-0.2, 0) is 14.6 Å². The second kappa shape index (κ2) is 3.20. The molecule has 2 saturated heterocycles. The largest absolute Gasteiger partial charge is 0.426 e. The number of quaternary nitrogens is 1. The van der Waals surface area contributed by atoms with Gasteiger partial charge in [0.2, 0.25) is 0 Å². The van der Waals surface area contributed by atoms with Gasteiger partial charge in [-0.15, -0.1) is 0 Å². The van der Waals surface area contributed by atoms with Gasteiger partial charge in [0, 0.05) is 0 Å². The summed E-state index contributed by atoms with van der Waals surface area (Å²) in [4.78, 5) is 4.25. The van der Waals surface area contributed by atoms with Crippen LogP contribution in [-0.4, -0.2) is 44.1 Å². The molecule has 2 atom stereocenters. The monoisotopic (exact) mass is 219 g/mol. The van der Waals surface area contributed by atoms with Crippen molar-refractivity contribution in [2.24, 2.45) is 4.99 Å². The van der Waals surface area contributed by atoms with Crippen LogP contribution in [0.25, 0.3) is 0 Å². The topological polar surface area (TPSA) is 72.3 Å². The molecule has 0 aromatic carbocycles. The number of hydrogen-bond acceptors (Lipinski definition) is 4. The molecule has 2 rings (SSSR count). The Balaban J connectivity index is 2.07. The van der Waals surface area contributed by atoms with Gasteiger partial charge in [-0.3, -0.25) is 5.32 Å². The highest BCUT2D eigenvalue weighted by Crippen LogP contribution is 2.16. The Kier molecular flexibility index (Phi) is 2.27. The van der Waals surface area contributed by atoms with Crippen LogP contribution in [0.1, 0.15) is 13.8 Å². The molecule has 0 radical (unpaired) electrons. The van der Waals surface area contributed by atoms with Crippen LogP contribution < -0.4 is 5.32 Å². The highest BCUT2D eigenvalue weighted by atomic mass is 32.2. The van der Waals surface area contributed by atoms with E-state index < -0.39 is 9.84 Å². The summed E-state index contributed by atoms with van der Waals surface area (Å²) in [5.74, 6) is 0.361. The van der Waals surface area contributed by atoms with E-state index in [2.05, 4.69) is 4.99 Å². The van der Waals surface area contributed by atoms with Crippen molar-refractivity contribution in [3.05, 3.63) is 0 Å². The lowest BCUT2D eigenvalue weighted by atomic mass is 10.2. The van der Waals surface area contributed by atoms with Crippen LogP contribution in [0.2, 0.25) is 0 Å². The first-order valence-corrected chi connectivity index (χ1v) is 6.58. The van der Waals surface area contributed by atoms with Gasteiger partial charge in [0.25, 0.3) is 0 Å². The molecular weight excluding hydrogens is 204 g/mol. The van der Waals surface area contributed by atoms with Crippen LogP contribution in [0.3, 0.4) is 0 Å². The second-order valence-electron chi connectivity index (χ2n) is 4.12. The van der Waals surface area contributed by atoms with E-state index in [1.807, 2.05) is 19.2 Å². The van der Waals surface area contributed by atoms with Gasteiger partial charge in [0.1, 0.15) is 11.8 Å². The highest BCUT2D eigenvalue weighted by molar-refractivity contribution is 7.91. The van der Waals surface area contributed by atoms with Gasteiger partial charge in [-0.2, -0.15) is 4.99 Å². The maximum absolute atomic E-state index is 11.2. The molecule has 0 saturated carbocycles. The van der Waals surface area contributed by atoms with Crippen molar-refractivity contribution in [1.82, 2.24) is 0 Å². The van der Waals surface area contributed by atoms with Crippen LogP contribution in [0, 0.1) is 0 Å². The average Bonchev–Trinajstić information content (AvgIpc) is 2.38. The number of amidine groups is 1. The van der Waals surface area contributed by atoms with Crippen molar-refractivity contribution in [2.75, 3.05) is 11.5 Å². The number of rotatable bonds is 1. The molecule has 2 fully saturated rings. The molecule has 0 amide bonds. The molecule has 0 bridgehead atoms. The van der Waals surface area contributed by atoms with E-state index in [-0.39, 0.29) is 29.7 Å². The van der Waals surface area contributed by atoms with Gasteiger partial charge >= 0.3 is 6.02 Å². The molecule has 0 unspecified atom stereocenters. The minimum Gasteiger partial charge on any atom is -0.426 e. The fourth-order valence-corrected chi connectivity index (χ4v) is 3.67. The van der Waals surface area contributed by atoms with Crippen molar-refractivity contribution >= 4 is 15.9 Å². The maximum atomic E-state index is 11.2. The maximum Gasteiger partial charge on any atom is 0.391 e. The molecule has 2 N–H and O–H groups in total. The number of sulfone groups is 1. The van der Waals surface area contributed by atoms with E-state index in [4.69, 9.17) is 4.74 Å². The first-order chi connectivity index (χ1) is 6.46. The van der Waals surface area contributed by atoms with Gasteiger partial charge < -0.3 is 4.74 Å². The van der Waals surface area contributed by atoms with Gasteiger partial charge in [0.05, 0.1) is 11.8 Å². The fraction of sp³-hybridized carbons (Fsp3) is 0.875.